The van der Waals surface area contributed by atoms with Gasteiger partial charge in [-0.15, -0.1) is 0 Å². The third kappa shape index (κ3) is 3.07. The van der Waals surface area contributed by atoms with Gasteiger partial charge >= 0.3 is 0 Å². The molecule has 2 atom stereocenters. The van der Waals surface area contributed by atoms with Crippen molar-refractivity contribution in [2.24, 2.45) is 11.8 Å². The van der Waals surface area contributed by atoms with E-state index in [4.69, 9.17) is 0 Å². The van der Waals surface area contributed by atoms with Gasteiger partial charge < -0.3 is 5.11 Å². The van der Waals surface area contributed by atoms with Crippen LogP contribution in [0.3, 0.4) is 0 Å². The average molecular weight is 199 g/mol. The second kappa shape index (κ2) is 4.89. The highest BCUT2D eigenvalue weighted by Crippen LogP contribution is 2.16. The van der Waals surface area contributed by atoms with E-state index in [2.05, 4.69) is 11.8 Å². The minimum absolute atomic E-state index is 0.103. The van der Waals surface area contributed by atoms with Crippen molar-refractivity contribution in [3.05, 3.63) is 0 Å². The fourth-order valence-corrected chi connectivity index (χ4v) is 1.66. The van der Waals surface area contributed by atoms with Crippen molar-refractivity contribution >= 4 is 5.78 Å². The SMILES string of the molecule is CC(C)C(=O)CN1CCC(C)C(O)C1. The quantitative estimate of drug-likeness (QED) is 0.734. The molecule has 0 aliphatic carbocycles. The molecule has 82 valence electrons. The van der Waals surface area contributed by atoms with Crippen molar-refractivity contribution in [3.63, 3.8) is 0 Å². The number of rotatable bonds is 3. The molecule has 0 spiro atoms. The number of carbonyl (C=O) groups is 1. The highest BCUT2D eigenvalue weighted by atomic mass is 16.3. The summed E-state index contributed by atoms with van der Waals surface area (Å²) in [5.41, 5.74) is 0. The number of Topliss-reactive ketones (excluding diaryl/α,β-unsaturated/α-hetero) is 1. The molecule has 1 N–H and O–H groups in total. The summed E-state index contributed by atoms with van der Waals surface area (Å²) in [6.45, 7) is 8.00. The van der Waals surface area contributed by atoms with Gasteiger partial charge in [-0.3, -0.25) is 9.69 Å². The van der Waals surface area contributed by atoms with Crippen molar-refractivity contribution in [2.75, 3.05) is 19.6 Å². The molecule has 0 bridgehead atoms. The van der Waals surface area contributed by atoms with Gasteiger partial charge in [0.1, 0.15) is 5.78 Å². The van der Waals surface area contributed by atoms with Crippen LogP contribution in [0.25, 0.3) is 0 Å². The fraction of sp³-hybridized carbons (Fsp3) is 0.909. The summed E-state index contributed by atoms with van der Waals surface area (Å²) in [6.07, 6.45) is 0.732. The molecule has 14 heavy (non-hydrogen) atoms. The van der Waals surface area contributed by atoms with E-state index in [0.29, 0.717) is 19.0 Å². The molecule has 0 aromatic carbocycles. The topological polar surface area (TPSA) is 40.5 Å². The number of carbonyl (C=O) groups excluding carboxylic acids is 1. The van der Waals surface area contributed by atoms with Crippen LogP contribution < -0.4 is 0 Å². The van der Waals surface area contributed by atoms with Crippen molar-refractivity contribution < 1.29 is 9.90 Å². The van der Waals surface area contributed by atoms with Gasteiger partial charge in [0.25, 0.3) is 0 Å². The first-order valence-electron chi connectivity index (χ1n) is 5.44. The van der Waals surface area contributed by atoms with E-state index in [-0.39, 0.29) is 17.8 Å². The van der Waals surface area contributed by atoms with Gasteiger partial charge in [-0.25, -0.2) is 0 Å². The molecule has 0 amide bonds. The molecule has 0 aromatic heterocycles. The minimum Gasteiger partial charge on any atom is -0.392 e. The van der Waals surface area contributed by atoms with Crippen LogP contribution in [-0.4, -0.2) is 41.5 Å². The number of aliphatic hydroxyl groups is 1. The molecule has 1 saturated heterocycles. The Morgan fingerprint density at radius 1 is 1.57 bits per heavy atom. The van der Waals surface area contributed by atoms with E-state index >= 15 is 0 Å². The van der Waals surface area contributed by atoms with Gasteiger partial charge in [-0.2, -0.15) is 0 Å². The number of likely N-dealkylation sites (tertiary alicyclic amines) is 1. The molecule has 0 saturated carbocycles. The van der Waals surface area contributed by atoms with Crippen LogP contribution in [0.15, 0.2) is 0 Å². The molecule has 3 heteroatoms. The van der Waals surface area contributed by atoms with Crippen LogP contribution in [0.1, 0.15) is 27.2 Å². The number of nitrogens with zero attached hydrogens (tertiary/aromatic N) is 1. The second-order valence-corrected chi connectivity index (χ2v) is 4.69. The van der Waals surface area contributed by atoms with Crippen LogP contribution in [0.2, 0.25) is 0 Å². The number of hydrogen-bond donors (Lipinski definition) is 1. The number of hydrogen-bond acceptors (Lipinski definition) is 3. The summed E-state index contributed by atoms with van der Waals surface area (Å²) < 4.78 is 0. The summed E-state index contributed by atoms with van der Waals surface area (Å²) in [7, 11) is 0. The fourth-order valence-electron chi connectivity index (χ4n) is 1.66. The zero-order valence-electron chi connectivity index (χ0n) is 9.36. The number of aliphatic hydroxyl groups excluding tert-OH is 1. The summed E-state index contributed by atoms with van der Waals surface area (Å²) in [5.74, 6) is 0.749. The van der Waals surface area contributed by atoms with Gasteiger partial charge in [-0.1, -0.05) is 20.8 Å². The van der Waals surface area contributed by atoms with Crippen LogP contribution in [0.4, 0.5) is 0 Å². The predicted octanol–water partition coefficient (Wildman–Crippen LogP) is 0.914. The van der Waals surface area contributed by atoms with Crippen LogP contribution in [0.5, 0.6) is 0 Å². The van der Waals surface area contributed by atoms with E-state index in [9.17, 15) is 9.90 Å². The third-order valence-electron chi connectivity index (χ3n) is 3.03. The lowest BCUT2D eigenvalue weighted by atomic mass is 9.95. The molecule has 1 heterocycles. The first kappa shape index (κ1) is 11.7. The maximum Gasteiger partial charge on any atom is 0.149 e. The second-order valence-electron chi connectivity index (χ2n) is 4.69. The molecule has 1 rings (SSSR count). The van der Waals surface area contributed by atoms with Gasteiger partial charge in [0.2, 0.25) is 0 Å². The van der Waals surface area contributed by atoms with E-state index < -0.39 is 0 Å². The third-order valence-corrected chi connectivity index (χ3v) is 3.03. The molecule has 1 aliphatic rings. The number of ketones is 1. The normalized spacial score (nSPS) is 29.5. The molecule has 2 unspecified atom stereocenters. The highest BCUT2D eigenvalue weighted by molar-refractivity contribution is 5.82. The van der Waals surface area contributed by atoms with Gasteiger partial charge in [0.05, 0.1) is 12.6 Å². The van der Waals surface area contributed by atoms with E-state index in [1.807, 2.05) is 13.8 Å². The lowest BCUT2D eigenvalue weighted by molar-refractivity contribution is -0.124. The Morgan fingerprint density at radius 3 is 2.71 bits per heavy atom. The van der Waals surface area contributed by atoms with E-state index in [0.717, 1.165) is 13.0 Å². The molecule has 1 aliphatic heterocycles. The molecular formula is C11H21NO2. The van der Waals surface area contributed by atoms with Gasteiger partial charge in [0.15, 0.2) is 0 Å². The first-order valence-corrected chi connectivity index (χ1v) is 5.44. The largest absolute Gasteiger partial charge is 0.392 e. The molecule has 0 aromatic rings. The Morgan fingerprint density at radius 2 is 2.21 bits per heavy atom. The Kier molecular flexibility index (Phi) is 4.08. The number of piperidine rings is 1. The lowest BCUT2D eigenvalue weighted by Gasteiger charge is -2.34. The summed E-state index contributed by atoms with van der Waals surface area (Å²) >= 11 is 0. The zero-order valence-corrected chi connectivity index (χ0v) is 9.36. The Hall–Kier alpha value is -0.410. The van der Waals surface area contributed by atoms with Crippen molar-refractivity contribution in [2.45, 2.75) is 33.3 Å². The standard InChI is InChI=1S/C11H21NO2/c1-8(2)10(13)6-12-5-4-9(3)11(14)7-12/h8-9,11,14H,4-7H2,1-3H3. The predicted molar refractivity (Wildman–Crippen MR) is 56.1 cm³/mol. The highest BCUT2D eigenvalue weighted by Gasteiger charge is 2.25. The smallest absolute Gasteiger partial charge is 0.149 e. The van der Waals surface area contributed by atoms with Gasteiger partial charge in [-0.05, 0) is 18.9 Å². The Bertz CT molecular complexity index is 203. The molecule has 3 nitrogen and oxygen atoms in total. The zero-order chi connectivity index (χ0) is 10.7. The molecule has 1 fully saturated rings. The summed E-state index contributed by atoms with van der Waals surface area (Å²) in [6, 6.07) is 0. The minimum atomic E-state index is -0.260. The molecule has 0 radical (unpaired) electrons. The summed E-state index contributed by atoms with van der Waals surface area (Å²) in [4.78, 5) is 13.5. The van der Waals surface area contributed by atoms with Crippen molar-refractivity contribution in [3.8, 4) is 0 Å². The molecular weight excluding hydrogens is 178 g/mol. The van der Waals surface area contributed by atoms with Crippen molar-refractivity contribution in [1.29, 1.82) is 0 Å². The first-order chi connectivity index (χ1) is 6.50. The van der Waals surface area contributed by atoms with E-state index in [1.165, 1.54) is 0 Å². The average Bonchev–Trinajstić information content (AvgIpc) is 2.11. The Labute approximate surface area is 86.1 Å². The van der Waals surface area contributed by atoms with Crippen molar-refractivity contribution in [1.82, 2.24) is 4.90 Å². The Balaban J connectivity index is 2.37. The van der Waals surface area contributed by atoms with Crippen LogP contribution in [-0.2, 0) is 4.79 Å². The monoisotopic (exact) mass is 199 g/mol. The summed E-state index contributed by atoms with van der Waals surface area (Å²) in [5, 5.41) is 9.65. The maximum atomic E-state index is 11.5. The lowest BCUT2D eigenvalue weighted by Crippen LogP contribution is -2.45. The van der Waals surface area contributed by atoms with E-state index in [1.54, 1.807) is 0 Å². The van der Waals surface area contributed by atoms with Crippen LogP contribution >= 0.6 is 0 Å². The maximum absolute atomic E-state index is 11.5. The number of β-amino-alcohol motifs (C(OH)–C–C–N with tert-alkyl or cyclic N) is 1. The van der Waals surface area contributed by atoms with Gasteiger partial charge in [0, 0.05) is 12.5 Å². The van der Waals surface area contributed by atoms with Crippen LogP contribution in [0, 0.1) is 11.8 Å².